The average molecular weight is 405 g/mol. The summed E-state index contributed by atoms with van der Waals surface area (Å²) in [5, 5.41) is 1.02. The molecule has 30 heavy (non-hydrogen) atoms. The van der Waals surface area contributed by atoms with Crippen LogP contribution in [-0.2, 0) is 22.4 Å². The number of hydrogen-bond acceptors (Lipinski definition) is 5. The monoisotopic (exact) mass is 404 g/mol. The molecule has 2 N–H and O–H groups in total. The van der Waals surface area contributed by atoms with E-state index in [1.165, 1.54) is 0 Å². The molecule has 0 amide bonds. The Hall–Kier alpha value is -3.14. The van der Waals surface area contributed by atoms with Gasteiger partial charge in [0.1, 0.15) is 17.9 Å². The van der Waals surface area contributed by atoms with Gasteiger partial charge in [-0.05, 0) is 12.5 Å². The lowest BCUT2D eigenvalue weighted by Crippen LogP contribution is -2.11. The Morgan fingerprint density at radius 3 is 2.83 bits per heavy atom. The van der Waals surface area contributed by atoms with E-state index >= 15 is 0 Å². The van der Waals surface area contributed by atoms with Crippen molar-refractivity contribution in [1.82, 2.24) is 14.5 Å². The van der Waals surface area contributed by atoms with E-state index in [1.807, 2.05) is 36.4 Å². The van der Waals surface area contributed by atoms with Crippen molar-refractivity contribution in [3.05, 3.63) is 55.4 Å². The normalized spacial score (nSPS) is 11.9. The molecule has 0 radical (unpaired) electrons. The van der Waals surface area contributed by atoms with E-state index in [2.05, 4.69) is 34.5 Å². The van der Waals surface area contributed by atoms with Gasteiger partial charge >= 0.3 is 0 Å². The summed E-state index contributed by atoms with van der Waals surface area (Å²) < 4.78 is 13.2. The Kier molecular flexibility index (Phi) is 7.61. The molecule has 6 heteroatoms. The Morgan fingerprint density at radius 2 is 2.07 bits per heavy atom. The third kappa shape index (κ3) is 4.88. The number of hydrogen-bond donors (Lipinski definition) is 1. The fourth-order valence-electron chi connectivity index (χ4n) is 3.38. The zero-order valence-electron chi connectivity index (χ0n) is 17.4. The van der Waals surface area contributed by atoms with Crippen molar-refractivity contribution in [3.63, 3.8) is 0 Å². The fourth-order valence-corrected chi connectivity index (χ4v) is 3.38. The van der Waals surface area contributed by atoms with Crippen LogP contribution >= 0.6 is 0 Å². The van der Waals surface area contributed by atoms with E-state index < -0.39 is 0 Å². The minimum absolute atomic E-state index is 0.117. The van der Waals surface area contributed by atoms with Crippen molar-refractivity contribution in [2.75, 3.05) is 32.7 Å². The fraction of sp³-hybridized carbons (Fsp3) is 0.333. The van der Waals surface area contributed by atoms with E-state index in [0.717, 1.165) is 34.2 Å². The predicted molar refractivity (Wildman–Crippen MR) is 122 cm³/mol. The number of fused-ring (bicyclic) bond motifs is 3. The molecule has 0 fully saturated rings. The number of pyridine rings is 1. The maximum absolute atomic E-state index is 6.21. The highest BCUT2D eigenvalue weighted by atomic mass is 16.5. The SMILES string of the molecule is C=CCC(C#CCOCCn1c(CCOC)nc2c(N)nc3ccccc3c21)C=C. The largest absolute Gasteiger partial charge is 0.384 e. The first-order chi connectivity index (χ1) is 14.7. The number of methoxy groups -OCH3 is 1. The summed E-state index contributed by atoms with van der Waals surface area (Å²) in [4.78, 5) is 9.27. The Bertz CT molecular complexity index is 1090. The van der Waals surface area contributed by atoms with Crippen molar-refractivity contribution in [1.29, 1.82) is 0 Å². The van der Waals surface area contributed by atoms with Crippen LogP contribution < -0.4 is 5.73 Å². The summed E-state index contributed by atoms with van der Waals surface area (Å²) in [5.41, 5.74) is 8.77. The molecule has 0 aliphatic rings. The maximum Gasteiger partial charge on any atom is 0.152 e. The quantitative estimate of drug-likeness (QED) is 0.316. The van der Waals surface area contributed by atoms with Crippen molar-refractivity contribution < 1.29 is 9.47 Å². The number of nitrogen functional groups attached to an aromatic ring is 1. The lowest BCUT2D eigenvalue weighted by molar-refractivity contribution is 0.156. The van der Waals surface area contributed by atoms with Gasteiger partial charge in [-0.25, -0.2) is 9.97 Å². The highest BCUT2D eigenvalue weighted by Crippen LogP contribution is 2.28. The minimum atomic E-state index is 0.117. The van der Waals surface area contributed by atoms with Gasteiger partial charge in [0.2, 0.25) is 0 Å². The standard InChI is InChI=1S/C24H28N4O2/c1-4-9-18(5-2)10-8-15-30-17-14-28-21(13-16-29-3)27-22-23(28)19-11-6-7-12-20(19)26-24(22)25/h4-7,11-12,18H,1-2,9,13-17H2,3H3,(H2,25,26). The van der Waals surface area contributed by atoms with Gasteiger partial charge in [0.05, 0.1) is 24.2 Å². The maximum atomic E-state index is 6.21. The number of anilines is 1. The second-order valence-electron chi connectivity index (χ2n) is 6.87. The number of aromatic nitrogens is 3. The molecule has 0 saturated heterocycles. The molecule has 0 spiro atoms. The van der Waals surface area contributed by atoms with Gasteiger partial charge in [0.15, 0.2) is 5.82 Å². The molecule has 3 rings (SSSR count). The third-order valence-corrected chi connectivity index (χ3v) is 4.85. The van der Waals surface area contributed by atoms with Crippen molar-refractivity contribution >= 4 is 27.8 Å². The van der Waals surface area contributed by atoms with Crippen LogP contribution in [0.1, 0.15) is 12.2 Å². The van der Waals surface area contributed by atoms with Crippen LogP contribution in [0.2, 0.25) is 0 Å². The molecule has 2 heterocycles. The van der Waals surface area contributed by atoms with E-state index in [-0.39, 0.29) is 5.92 Å². The number of rotatable bonds is 10. The van der Waals surface area contributed by atoms with Crippen LogP contribution in [0.3, 0.4) is 0 Å². The highest BCUT2D eigenvalue weighted by molar-refractivity contribution is 6.06. The molecule has 1 aromatic carbocycles. The Labute approximate surface area is 177 Å². The van der Waals surface area contributed by atoms with Gasteiger partial charge in [-0.2, -0.15) is 0 Å². The topological polar surface area (TPSA) is 75.2 Å². The predicted octanol–water partition coefficient (Wildman–Crippen LogP) is 3.75. The lowest BCUT2D eigenvalue weighted by Gasteiger charge is -2.10. The van der Waals surface area contributed by atoms with Crippen LogP contribution in [-0.4, -0.2) is 41.5 Å². The average Bonchev–Trinajstić information content (AvgIpc) is 3.13. The number of imidazole rings is 1. The number of allylic oxidation sites excluding steroid dienone is 2. The molecule has 3 aromatic rings. The summed E-state index contributed by atoms with van der Waals surface area (Å²) in [6.45, 7) is 9.63. The summed E-state index contributed by atoms with van der Waals surface area (Å²) in [6, 6.07) is 7.96. The van der Waals surface area contributed by atoms with Crippen LogP contribution in [0.15, 0.2) is 49.6 Å². The first-order valence-corrected chi connectivity index (χ1v) is 10.0. The van der Waals surface area contributed by atoms with Gasteiger partial charge in [0, 0.05) is 31.4 Å². The molecular weight excluding hydrogens is 376 g/mol. The van der Waals surface area contributed by atoms with Crippen molar-refractivity contribution in [3.8, 4) is 11.8 Å². The van der Waals surface area contributed by atoms with E-state index in [4.69, 9.17) is 20.2 Å². The van der Waals surface area contributed by atoms with E-state index in [9.17, 15) is 0 Å². The van der Waals surface area contributed by atoms with Crippen LogP contribution in [0.25, 0.3) is 21.9 Å². The molecule has 156 valence electrons. The van der Waals surface area contributed by atoms with Crippen molar-refractivity contribution in [2.45, 2.75) is 19.4 Å². The van der Waals surface area contributed by atoms with Gasteiger partial charge in [-0.15, -0.1) is 13.2 Å². The second-order valence-corrected chi connectivity index (χ2v) is 6.87. The molecule has 1 unspecified atom stereocenters. The zero-order chi connectivity index (χ0) is 21.3. The first kappa shape index (κ1) is 21.6. The van der Waals surface area contributed by atoms with Crippen LogP contribution in [0.5, 0.6) is 0 Å². The number of ether oxygens (including phenoxy) is 2. The molecule has 1 atom stereocenters. The minimum Gasteiger partial charge on any atom is -0.384 e. The summed E-state index contributed by atoms with van der Waals surface area (Å²) in [6.07, 6.45) is 5.15. The third-order valence-electron chi connectivity index (χ3n) is 4.85. The molecule has 2 aromatic heterocycles. The van der Waals surface area contributed by atoms with Crippen LogP contribution in [0.4, 0.5) is 5.82 Å². The summed E-state index contributed by atoms with van der Waals surface area (Å²) in [7, 11) is 1.68. The molecule has 0 aliphatic heterocycles. The van der Waals surface area contributed by atoms with Gasteiger partial charge in [-0.1, -0.05) is 42.2 Å². The van der Waals surface area contributed by atoms with Crippen LogP contribution in [0, 0.1) is 17.8 Å². The Balaban J connectivity index is 1.82. The van der Waals surface area contributed by atoms with E-state index in [0.29, 0.717) is 38.6 Å². The number of benzene rings is 1. The number of nitrogens with zero attached hydrogens (tertiary/aromatic N) is 3. The molecule has 0 aliphatic carbocycles. The lowest BCUT2D eigenvalue weighted by atomic mass is 10.1. The molecule has 6 nitrogen and oxygen atoms in total. The molecule has 0 bridgehead atoms. The number of nitrogens with two attached hydrogens (primary N) is 1. The van der Waals surface area contributed by atoms with E-state index in [1.54, 1.807) is 7.11 Å². The molecular formula is C24H28N4O2. The second kappa shape index (κ2) is 10.6. The first-order valence-electron chi connectivity index (χ1n) is 10.0. The highest BCUT2D eigenvalue weighted by Gasteiger charge is 2.16. The van der Waals surface area contributed by atoms with Gasteiger partial charge < -0.3 is 19.8 Å². The summed E-state index contributed by atoms with van der Waals surface area (Å²) in [5.74, 6) is 7.66. The zero-order valence-corrected chi connectivity index (χ0v) is 17.4. The smallest absolute Gasteiger partial charge is 0.152 e. The van der Waals surface area contributed by atoms with Crippen molar-refractivity contribution in [2.24, 2.45) is 5.92 Å². The van der Waals surface area contributed by atoms with Gasteiger partial charge in [-0.3, -0.25) is 0 Å². The number of para-hydroxylation sites is 1. The summed E-state index contributed by atoms with van der Waals surface area (Å²) >= 11 is 0. The molecule has 0 saturated carbocycles. The van der Waals surface area contributed by atoms with Gasteiger partial charge in [0.25, 0.3) is 0 Å². The Morgan fingerprint density at radius 1 is 1.23 bits per heavy atom.